The maximum atomic E-state index is 13.0. The smallest absolute Gasteiger partial charge is 0.410 e. The minimum absolute atomic E-state index is 0.0183. The van der Waals surface area contributed by atoms with Gasteiger partial charge in [-0.05, 0) is 63.2 Å². The van der Waals surface area contributed by atoms with Crippen molar-refractivity contribution in [1.29, 1.82) is 0 Å². The minimum Gasteiger partial charge on any atom is -0.469 e. The molecule has 33 heavy (non-hydrogen) atoms. The molecule has 2 aromatic rings. The number of carbonyl (C=O) groups excluding carboxylic acids is 2. The van der Waals surface area contributed by atoms with Gasteiger partial charge in [0, 0.05) is 12.6 Å². The topological polar surface area (TPSA) is 55.8 Å². The van der Waals surface area contributed by atoms with Crippen LogP contribution in [0.5, 0.6) is 0 Å². The van der Waals surface area contributed by atoms with E-state index in [1.54, 1.807) is 4.90 Å². The third-order valence-corrected chi connectivity index (χ3v) is 5.89. The van der Waals surface area contributed by atoms with Crippen molar-refractivity contribution < 1.29 is 19.1 Å². The van der Waals surface area contributed by atoms with Crippen molar-refractivity contribution in [2.75, 3.05) is 13.7 Å². The van der Waals surface area contributed by atoms with Gasteiger partial charge < -0.3 is 14.4 Å². The number of amides is 1. The van der Waals surface area contributed by atoms with Crippen molar-refractivity contribution in [2.24, 2.45) is 5.92 Å². The normalized spacial score (nSPS) is 18.4. The van der Waals surface area contributed by atoms with Crippen molar-refractivity contribution >= 4 is 17.6 Å². The Bertz CT molecular complexity index is 905. The van der Waals surface area contributed by atoms with Crippen LogP contribution in [0.1, 0.15) is 57.6 Å². The summed E-state index contributed by atoms with van der Waals surface area (Å²) in [5.74, 6) is -0.573. The summed E-state index contributed by atoms with van der Waals surface area (Å²) in [5, 5.41) is 0. The molecule has 5 nitrogen and oxygen atoms in total. The van der Waals surface area contributed by atoms with E-state index in [1.165, 1.54) is 23.8 Å². The van der Waals surface area contributed by atoms with E-state index < -0.39 is 5.60 Å². The molecular formula is C28H35NO4. The van der Waals surface area contributed by atoms with E-state index in [0.29, 0.717) is 13.0 Å². The molecule has 0 saturated carbocycles. The van der Waals surface area contributed by atoms with Crippen molar-refractivity contribution in [3.8, 4) is 0 Å². The molecule has 1 heterocycles. The first-order chi connectivity index (χ1) is 15.8. The number of allylic oxidation sites excluding steroid dienone is 1. The molecule has 0 spiro atoms. The number of piperidine rings is 1. The number of ether oxygens (including phenoxy) is 2. The zero-order valence-electron chi connectivity index (χ0n) is 20.1. The van der Waals surface area contributed by atoms with Crippen LogP contribution in [0.15, 0.2) is 66.7 Å². The molecular weight excluding hydrogens is 414 g/mol. The van der Waals surface area contributed by atoms with Crippen LogP contribution in [0.3, 0.4) is 0 Å². The van der Waals surface area contributed by atoms with E-state index in [4.69, 9.17) is 9.47 Å². The van der Waals surface area contributed by atoms with E-state index in [-0.39, 0.29) is 24.0 Å². The van der Waals surface area contributed by atoms with Crippen molar-refractivity contribution in [2.45, 2.75) is 58.1 Å². The number of hydrogen-bond acceptors (Lipinski definition) is 4. The number of benzene rings is 2. The van der Waals surface area contributed by atoms with E-state index in [2.05, 4.69) is 30.3 Å². The zero-order valence-corrected chi connectivity index (χ0v) is 20.1. The third kappa shape index (κ3) is 6.95. The monoisotopic (exact) mass is 449 g/mol. The number of likely N-dealkylation sites (tertiary alicyclic amines) is 1. The van der Waals surface area contributed by atoms with Gasteiger partial charge in [0.2, 0.25) is 0 Å². The van der Waals surface area contributed by atoms with Crippen LogP contribution in [-0.2, 0) is 14.3 Å². The molecule has 2 aromatic carbocycles. The number of nitrogens with zero attached hydrogens (tertiary/aromatic N) is 1. The van der Waals surface area contributed by atoms with E-state index >= 15 is 0 Å². The molecule has 0 aliphatic carbocycles. The molecule has 0 bridgehead atoms. The lowest BCUT2D eigenvalue weighted by Gasteiger charge is -2.39. The second kappa shape index (κ2) is 11.2. The lowest BCUT2D eigenvalue weighted by atomic mass is 9.90. The Morgan fingerprint density at radius 2 is 1.55 bits per heavy atom. The summed E-state index contributed by atoms with van der Waals surface area (Å²) in [6, 6.07) is 20.7. The largest absolute Gasteiger partial charge is 0.469 e. The quantitative estimate of drug-likeness (QED) is 0.501. The summed E-state index contributed by atoms with van der Waals surface area (Å²) >= 11 is 0. The molecule has 0 unspecified atom stereocenters. The Morgan fingerprint density at radius 1 is 0.970 bits per heavy atom. The summed E-state index contributed by atoms with van der Waals surface area (Å²) in [6.07, 6.45) is 4.96. The summed E-state index contributed by atoms with van der Waals surface area (Å²) in [4.78, 5) is 26.8. The first-order valence-electron chi connectivity index (χ1n) is 11.7. The molecule has 0 aromatic heterocycles. The first kappa shape index (κ1) is 24.6. The van der Waals surface area contributed by atoms with Crippen molar-refractivity contribution in [1.82, 2.24) is 4.90 Å². The lowest BCUT2D eigenvalue weighted by molar-refractivity contribution is -0.147. The predicted molar refractivity (Wildman–Crippen MR) is 131 cm³/mol. The van der Waals surface area contributed by atoms with Crippen LogP contribution in [0.25, 0.3) is 5.57 Å². The fourth-order valence-electron chi connectivity index (χ4n) is 4.29. The van der Waals surface area contributed by atoms with Crippen molar-refractivity contribution in [3.63, 3.8) is 0 Å². The highest BCUT2D eigenvalue weighted by molar-refractivity contribution is 5.79. The van der Waals surface area contributed by atoms with E-state index in [9.17, 15) is 9.59 Å². The number of carbonyl (C=O) groups is 2. The Labute approximate surface area is 197 Å². The van der Waals surface area contributed by atoms with Crippen LogP contribution in [0.2, 0.25) is 0 Å². The Kier molecular flexibility index (Phi) is 8.32. The molecule has 0 radical (unpaired) electrons. The molecule has 0 N–H and O–H groups in total. The van der Waals surface area contributed by atoms with Gasteiger partial charge in [0.1, 0.15) is 5.60 Å². The van der Waals surface area contributed by atoms with Gasteiger partial charge in [0.25, 0.3) is 0 Å². The van der Waals surface area contributed by atoms with Gasteiger partial charge in [-0.3, -0.25) is 4.79 Å². The predicted octanol–water partition coefficient (Wildman–Crippen LogP) is 6.09. The average molecular weight is 450 g/mol. The highest BCUT2D eigenvalue weighted by Crippen LogP contribution is 2.29. The number of esters is 1. The van der Waals surface area contributed by atoms with Crippen LogP contribution >= 0.6 is 0 Å². The van der Waals surface area contributed by atoms with Crippen LogP contribution in [0, 0.1) is 5.92 Å². The summed E-state index contributed by atoms with van der Waals surface area (Å²) in [5.41, 5.74) is 2.93. The summed E-state index contributed by atoms with van der Waals surface area (Å²) in [6.45, 7) is 5.91. The second-order valence-electron chi connectivity index (χ2n) is 9.51. The Balaban J connectivity index is 1.78. The van der Waals surface area contributed by atoms with Gasteiger partial charge in [0.05, 0.1) is 13.0 Å². The average Bonchev–Trinajstić information content (AvgIpc) is 2.81. The van der Waals surface area contributed by atoms with E-state index in [0.717, 1.165) is 19.3 Å². The number of methoxy groups -OCH3 is 1. The molecule has 1 saturated heterocycles. The molecule has 3 rings (SSSR count). The van der Waals surface area contributed by atoms with Crippen LogP contribution in [0.4, 0.5) is 4.79 Å². The van der Waals surface area contributed by atoms with Gasteiger partial charge in [-0.25, -0.2) is 4.79 Å². The maximum Gasteiger partial charge on any atom is 0.410 e. The van der Waals surface area contributed by atoms with Gasteiger partial charge in [0.15, 0.2) is 0 Å². The van der Waals surface area contributed by atoms with Crippen LogP contribution in [-0.4, -0.2) is 42.3 Å². The lowest BCUT2D eigenvalue weighted by Crippen LogP contribution is -2.50. The molecule has 1 aliphatic heterocycles. The molecule has 1 fully saturated rings. The van der Waals surface area contributed by atoms with Crippen LogP contribution < -0.4 is 0 Å². The molecule has 1 amide bonds. The summed E-state index contributed by atoms with van der Waals surface area (Å²) < 4.78 is 10.6. The highest BCUT2D eigenvalue weighted by Gasteiger charge is 2.37. The maximum absolute atomic E-state index is 13.0. The minimum atomic E-state index is -0.590. The highest BCUT2D eigenvalue weighted by atomic mass is 16.6. The van der Waals surface area contributed by atoms with E-state index in [1.807, 2.05) is 57.2 Å². The van der Waals surface area contributed by atoms with Gasteiger partial charge in [-0.2, -0.15) is 0 Å². The number of rotatable bonds is 6. The molecule has 2 atom stereocenters. The fraction of sp³-hybridized carbons (Fsp3) is 0.429. The SMILES string of the molecule is COC(=O)[C@H]1CC[C@H](CCC=C(c2ccccc2)c2ccccc2)N(C(=O)OC(C)(C)C)C1. The summed E-state index contributed by atoms with van der Waals surface area (Å²) in [7, 11) is 1.39. The van der Waals surface area contributed by atoms with Gasteiger partial charge >= 0.3 is 12.1 Å². The molecule has 5 heteroatoms. The fourth-order valence-corrected chi connectivity index (χ4v) is 4.29. The van der Waals surface area contributed by atoms with Gasteiger partial charge in [-0.1, -0.05) is 66.7 Å². The molecule has 1 aliphatic rings. The first-order valence-corrected chi connectivity index (χ1v) is 11.7. The standard InChI is InChI=1S/C28H35NO4/c1-28(2,3)33-27(31)29-20-23(26(30)32-4)18-19-24(29)16-11-17-25(21-12-7-5-8-13-21)22-14-9-6-10-15-22/h5-10,12-15,17,23-24H,11,16,18-20H2,1-4H3/t23-,24-/m0/s1. The van der Waals surface area contributed by atoms with Gasteiger partial charge in [-0.15, -0.1) is 0 Å². The Morgan fingerprint density at radius 3 is 2.06 bits per heavy atom. The molecule has 176 valence electrons. The second-order valence-corrected chi connectivity index (χ2v) is 9.51. The number of hydrogen-bond donors (Lipinski definition) is 0. The van der Waals surface area contributed by atoms with Crippen molar-refractivity contribution in [3.05, 3.63) is 77.9 Å². The zero-order chi connectivity index (χ0) is 23.8. The Hall–Kier alpha value is -3.08. The third-order valence-electron chi connectivity index (χ3n) is 5.89.